The van der Waals surface area contributed by atoms with E-state index in [2.05, 4.69) is 6.08 Å². The van der Waals surface area contributed by atoms with Crippen molar-refractivity contribution in [1.29, 1.82) is 0 Å². The maximum atomic E-state index is 11.0. The molecule has 0 aromatic carbocycles. The van der Waals surface area contributed by atoms with Crippen molar-refractivity contribution in [3.63, 3.8) is 0 Å². The predicted octanol–water partition coefficient (Wildman–Crippen LogP) is 2.08. The Balaban J connectivity index is 2.20. The van der Waals surface area contributed by atoms with Gasteiger partial charge in [0.1, 0.15) is 5.78 Å². The lowest BCUT2D eigenvalue weighted by Crippen LogP contribution is -2.01. The number of fused-ring (bicyclic) bond motifs is 1. The largest absolute Gasteiger partial charge is 0.299 e. The zero-order valence-electron chi connectivity index (χ0n) is 6.10. The van der Waals surface area contributed by atoms with Crippen LogP contribution in [0.3, 0.4) is 0 Å². The van der Waals surface area contributed by atoms with Gasteiger partial charge in [0.25, 0.3) is 0 Å². The van der Waals surface area contributed by atoms with Gasteiger partial charge in [-0.15, -0.1) is 0 Å². The molecule has 0 saturated heterocycles. The van der Waals surface area contributed by atoms with Crippen LogP contribution in [0.4, 0.5) is 0 Å². The van der Waals surface area contributed by atoms with E-state index in [0.717, 1.165) is 12.8 Å². The molecule has 0 spiro atoms. The summed E-state index contributed by atoms with van der Waals surface area (Å²) in [5, 5.41) is 0. The highest BCUT2D eigenvalue weighted by molar-refractivity contribution is 5.84. The van der Waals surface area contributed by atoms with E-state index in [9.17, 15) is 4.79 Å². The summed E-state index contributed by atoms with van der Waals surface area (Å²) in [6, 6.07) is 0. The predicted molar refractivity (Wildman–Crippen MR) is 39.7 cm³/mol. The number of hydrogen-bond acceptors (Lipinski definition) is 1. The molecule has 1 saturated carbocycles. The fourth-order valence-corrected chi connectivity index (χ4v) is 2.03. The molecular weight excluding hydrogens is 124 g/mol. The average molecular weight is 136 g/mol. The highest BCUT2D eigenvalue weighted by Gasteiger charge is 2.28. The van der Waals surface area contributed by atoms with Gasteiger partial charge >= 0.3 is 0 Å². The molecule has 2 aliphatic rings. The molecule has 0 aromatic rings. The second kappa shape index (κ2) is 2.22. The first-order chi connectivity index (χ1) is 4.86. The highest BCUT2D eigenvalue weighted by atomic mass is 16.1. The van der Waals surface area contributed by atoms with E-state index in [1.54, 1.807) is 0 Å². The summed E-state index contributed by atoms with van der Waals surface area (Å²) in [4.78, 5) is 11.0. The second-order valence-electron chi connectivity index (χ2n) is 3.33. The van der Waals surface area contributed by atoms with E-state index in [1.807, 2.05) is 0 Å². The van der Waals surface area contributed by atoms with Gasteiger partial charge < -0.3 is 0 Å². The van der Waals surface area contributed by atoms with Gasteiger partial charge in [-0.05, 0) is 25.2 Å². The smallest absolute Gasteiger partial charge is 0.137 e. The fraction of sp³-hybridized carbons (Fsp3) is 0.667. The molecule has 0 radical (unpaired) electrons. The van der Waals surface area contributed by atoms with Crippen LogP contribution in [0.2, 0.25) is 0 Å². The van der Waals surface area contributed by atoms with Crippen LogP contribution < -0.4 is 0 Å². The van der Waals surface area contributed by atoms with Gasteiger partial charge in [0, 0.05) is 12.8 Å². The van der Waals surface area contributed by atoms with Gasteiger partial charge in [0.05, 0.1) is 0 Å². The van der Waals surface area contributed by atoms with Crippen molar-refractivity contribution < 1.29 is 4.79 Å². The Bertz CT molecular complexity index is 191. The number of allylic oxidation sites excluding steroid dienone is 2. The molecular formula is C9H12O. The Morgan fingerprint density at radius 3 is 3.20 bits per heavy atom. The van der Waals surface area contributed by atoms with Crippen LogP contribution in [0.15, 0.2) is 11.6 Å². The molecule has 1 heteroatoms. The van der Waals surface area contributed by atoms with Crippen LogP contribution in [0.5, 0.6) is 0 Å². The monoisotopic (exact) mass is 136 g/mol. The number of carbonyl (C=O) groups excluding carboxylic acids is 1. The molecule has 10 heavy (non-hydrogen) atoms. The third-order valence-corrected chi connectivity index (χ3v) is 2.56. The standard InChI is InChI=1S/C9H12O/c10-9-5-7-3-1-2-4-8(7)6-9/h3,8H,1-2,4-6H2. The quantitative estimate of drug-likeness (QED) is 0.466. The number of Topliss-reactive ketones (excluding diaryl/α,β-unsaturated/α-hetero) is 1. The van der Waals surface area contributed by atoms with Crippen LogP contribution >= 0.6 is 0 Å². The van der Waals surface area contributed by atoms with Crippen LogP contribution in [0, 0.1) is 5.92 Å². The van der Waals surface area contributed by atoms with E-state index in [4.69, 9.17) is 0 Å². The summed E-state index contributed by atoms with van der Waals surface area (Å²) >= 11 is 0. The minimum atomic E-state index is 0.457. The molecule has 1 atom stereocenters. The molecule has 0 heterocycles. The topological polar surface area (TPSA) is 17.1 Å². The van der Waals surface area contributed by atoms with Crippen molar-refractivity contribution >= 4 is 5.78 Å². The number of ketones is 1. The number of carbonyl (C=O) groups is 1. The summed E-state index contributed by atoms with van der Waals surface area (Å²) in [5.74, 6) is 1.11. The average Bonchev–Trinajstić information content (AvgIpc) is 2.27. The molecule has 0 amide bonds. The van der Waals surface area contributed by atoms with Crippen molar-refractivity contribution in [3.05, 3.63) is 11.6 Å². The molecule has 1 fully saturated rings. The number of hydrogen-bond donors (Lipinski definition) is 0. The van der Waals surface area contributed by atoms with Gasteiger partial charge in [-0.3, -0.25) is 4.79 Å². The molecule has 0 N–H and O–H groups in total. The molecule has 0 bridgehead atoms. The van der Waals surface area contributed by atoms with Gasteiger partial charge in [-0.25, -0.2) is 0 Å². The molecule has 54 valence electrons. The lowest BCUT2D eigenvalue weighted by molar-refractivity contribution is -0.117. The summed E-state index contributed by atoms with van der Waals surface area (Å²) in [5.41, 5.74) is 1.44. The second-order valence-corrected chi connectivity index (χ2v) is 3.33. The van der Waals surface area contributed by atoms with Gasteiger partial charge in [0.2, 0.25) is 0 Å². The number of rotatable bonds is 0. The lowest BCUT2D eigenvalue weighted by Gasteiger charge is -2.14. The molecule has 2 aliphatic carbocycles. The molecule has 0 aromatic heterocycles. The normalized spacial score (nSPS) is 31.8. The Morgan fingerprint density at radius 2 is 2.40 bits per heavy atom. The van der Waals surface area contributed by atoms with E-state index in [1.165, 1.54) is 24.8 Å². The van der Waals surface area contributed by atoms with Gasteiger partial charge in [-0.1, -0.05) is 11.6 Å². The zero-order valence-corrected chi connectivity index (χ0v) is 6.10. The Hall–Kier alpha value is -0.590. The third-order valence-electron chi connectivity index (χ3n) is 2.56. The van der Waals surface area contributed by atoms with Crippen LogP contribution in [-0.4, -0.2) is 5.78 Å². The molecule has 0 aliphatic heterocycles. The highest BCUT2D eigenvalue weighted by Crippen LogP contribution is 2.35. The first kappa shape index (κ1) is 6.14. The van der Waals surface area contributed by atoms with Gasteiger partial charge in [-0.2, -0.15) is 0 Å². The van der Waals surface area contributed by atoms with Crippen LogP contribution in [-0.2, 0) is 4.79 Å². The van der Waals surface area contributed by atoms with Crippen LogP contribution in [0.1, 0.15) is 32.1 Å². The maximum absolute atomic E-state index is 11.0. The Kier molecular flexibility index (Phi) is 1.37. The van der Waals surface area contributed by atoms with Crippen LogP contribution in [0.25, 0.3) is 0 Å². The lowest BCUT2D eigenvalue weighted by atomic mass is 9.90. The zero-order chi connectivity index (χ0) is 6.97. The van der Waals surface area contributed by atoms with E-state index in [-0.39, 0.29) is 0 Å². The first-order valence-electron chi connectivity index (χ1n) is 4.07. The van der Waals surface area contributed by atoms with E-state index in [0.29, 0.717) is 11.7 Å². The Morgan fingerprint density at radius 1 is 1.50 bits per heavy atom. The Labute approximate surface area is 61.1 Å². The van der Waals surface area contributed by atoms with Crippen molar-refractivity contribution in [1.82, 2.24) is 0 Å². The van der Waals surface area contributed by atoms with Crippen molar-refractivity contribution in [3.8, 4) is 0 Å². The molecule has 1 unspecified atom stereocenters. The van der Waals surface area contributed by atoms with Crippen molar-refractivity contribution in [2.45, 2.75) is 32.1 Å². The van der Waals surface area contributed by atoms with E-state index >= 15 is 0 Å². The summed E-state index contributed by atoms with van der Waals surface area (Å²) < 4.78 is 0. The fourth-order valence-electron chi connectivity index (χ4n) is 2.03. The molecule has 1 nitrogen and oxygen atoms in total. The summed E-state index contributed by atoms with van der Waals surface area (Å²) in [6.07, 6.45) is 7.65. The van der Waals surface area contributed by atoms with Crippen molar-refractivity contribution in [2.75, 3.05) is 0 Å². The SMILES string of the molecule is O=C1CC2=CCCCC2C1. The molecule has 2 rings (SSSR count). The van der Waals surface area contributed by atoms with Crippen molar-refractivity contribution in [2.24, 2.45) is 5.92 Å². The summed E-state index contributed by atoms with van der Waals surface area (Å²) in [6.45, 7) is 0. The van der Waals surface area contributed by atoms with E-state index < -0.39 is 0 Å². The minimum Gasteiger partial charge on any atom is -0.299 e. The minimum absolute atomic E-state index is 0.457. The maximum Gasteiger partial charge on any atom is 0.137 e. The summed E-state index contributed by atoms with van der Waals surface area (Å²) in [7, 11) is 0. The van der Waals surface area contributed by atoms with Gasteiger partial charge in [0.15, 0.2) is 0 Å². The first-order valence-corrected chi connectivity index (χ1v) is 4.07. The third kappa shape index (κ3) is 0.898.